The molecule has 0 unspecified atom stereocenters. The molecule has 0 bridgehead atoms. The molecule has 1 heterocycles. The molecule has 1 aromatic heterocycles. The minimum absolute atomic E-state index is 0.0160. The van der Waals surface area contributed by atoms with Crippen LogP contribution in [0.3, 0.4) is 0 Å². The van der Waals surface area contributed by atoms with Gasteiger partial charge in [0.25, 0.3) is 5.91 Å². The Kier molecular flexibility index (Phi) is 4.95. The molecule has 23 heavy (non-hydrogen) atoms. The highest BCUT2D eigenvalue weighted by molar-refractivity contribution is 6.30. The van der Waals surface area contributed by atoms with Crippen molar-refractivity contribution in [1.29, 1.82) is 0 Å². The molecule has 0 radical (unpaired) electrons. The van der Waals surface area contributed by atoms with Crippen LogP contribution < -0.4 is 16.2 Å². The van der Waals surface area contributed by atoms with E-state index in [0.29, 0.717) is 11.2 Å². The highest BCUT2D eigenvalue weighted by Gasteiger charge is 2.31. The lowest BCUT2D eigenvalue weighted by Crippen LogP contribution is -2.30. The van der Waals surface area contributed by atoms with Crippen LogP contribution in [0.15, 0.2) is 36.5 Å². The SMILES string of the molecule is CNc1ncc(C(F)(F)F)cc1NNC(=O)c1cccc(Cl)c1. The van der Waals surface area contributed by atoms with E-state index in [1.54, 1.807) is 12.1 Å². The Balaban J connectivity index is 2.17. The monoisotopic (exact) mass is 344 g/mol. The topological polar surface area (TPSA) is 66.1 Å². The highest BCUT2D eigenvalue weighted by atomic mass is 35.5. The third-order valence-electron chi connectivity index (χ3n) is 2.85. The van der Waals surface area contributed by atoms with Crippen LogP contribution in [0, 0.1) is 0 Å². The van der Waals surface area contributed by atoms with E-state index >= 15 is 0 Å². The summed E-state index contributed by atoms with van der Waals surface area (Å²) in [5, 5.41) is 3.00. The standard InChI is InChI=1S/C14H12ClF3N4O/c1-19-12-11(6-9(7-20-12)14(16,17)18)21-22-13(23)8-3-2-4-10(15)5-8/h2-7,21H,1H3,(H,19,20)(H,22,23). The number of pyridine rings is 1. The lowest BCUT2D eigenvalue weighted by atomic mass is 10.2. The van der Waals surface area contributed by atoms with Gasteiger partial charge >= 0.3 is 6.18 Å². The lowest BCUT2D eigenvalue weighted by molar-refractivity contribution is -0.137. The molecule has 0 aliphatic carbocycles. The molecule has 0 spiro atoms. The molecule has 3 N–H and O–H groups in total. The second kappa shape index (κ2) is 6.74. The first kappa shape index (κ1) is 16.9. The molecule has 0 atom stereocenters. The maximum atomic E-state index is 12.7. The molecular weight excluding hydrogens is 333 g/mol. The fourth-order valence-corrected chi connectivity index (χ4v) is 1.93. The number of carbonyl (C=O) groups excluding carboxylic acids is 1. The summed E-state index contributed by atoms with van der Waals surface area (Å²) >= 11 is 5.78. The summed E-state index contributed by atoms with van der Waals surface area (Å²) < 4.78 is 38.2. The number of benzene rings is 1. The van der Waals surface area contributed by atoms with Crippen LogP contribution in [0.1, 0.15) is 15.9 Å². The first-order valence-electron chi connectivity index (χ1n) is 6.38. The van der Waals surface area contributed by atoms with E-state index in [0.717, 1.165) is 6.07 Å². The zero-order chi connectivity index (χ0) is 17.0. The summed E-state index contributed by atoms with van der Waals surface area (Å²) in [4.78, 5) is 15.6. The van der Waals surface area contributed by atoms with Gasteiger partial charge in [-0.25, -0.2) is 4.98 Å². The molecule has 0 fully saturated rings. The van der Waals surface area contributed by atoms with Gasteiger partial charge in [0.05, 0.1) is 11.3 Å². The van der Waals surface area contributed by atoms with Gasteiger partial charge in [0, 0.05) is 23.8 Å². The minimum atomic E-state index is -4.54. The Morgan fingerprint density at radius 1 is 1.26 bits per heavy atom. The fourth-order valence-electron chi connectivity index (χ4n) is 1.74. The summed E-state index contributed by atoms with van der Waals surface area (Å²) in [6.45, 7) is 0. The van der Waals surface area contributed by atoms with Crippen LogP contribution in [-0.4, -0.2) is 17.9 Å². The maximum Gasteiger partial charge on any atom is 0.417 e. The normalized spacial score (nSPS) is 11.0. The van der Waals surface area contributed by atoms with Crippen molar-refractivity contribution >= 4 is 29.0 Å². The number of amides is 1. The molecule has 122 valence electrons. The van der Waals surface area contributed by atoms with Gasteiger partial charge in [0.15, 0.2) is 5.82 Å². The predicted molar refractivity (Wildman–Crippen MR) is 81.3 cm³/mol. The zero-order valence-corrected chi connectivity index (χ0v) is 12.6. The van der Waals surface area contributed by atoms with E-state index in [2.05, 4.69) is 21.2 Å². The fraction of sp³-hybridized carbons (Fsp3) is 0.143. The first-order valence-corrected chi connectivity index (χ1v) is 6.76. The molecule has 0 aliphatic heterocycles. The third kappa shape index (κ3) is 4.26. The zero-order valence-electron chi connectivity index (χ0n) is 11.8. The Hall–Kier alpha value is -2.48. The Morgan fingerprint density at radius 2 is 2.00 bits per heavy atom. The molecule has 5 nitrogen and oxygen atoms in total. The number of aromatic nitrogens is 1. The minimum Gasteiger partial charge on any atom is -0.371 e. The van der Waals surface area contributed by atoms with Crippen molar-refractivity contribution < 1.29 is 18.0 Å². The van der Waals surface area contributed by atoms with Gasteiger partial charge in [0.2, 0.25) is 0 Å². The number of halogens is 4. The number of anilines is 2. The van der Waals surface area contributed by atoms with E-state index in [1.807, 2.05) is 0 Å². The van der Waals surface area contributed by atoms with E-state index in [9.17, 15) is 18.0 Å². The molecule has 2 aromatic rings. The number of alkyl halides is 3. The van der Waals surface area contributed by atoms with Gasteiger partial charge in [-0.15, -0.1) is 0 Å². The predicted octanol–water partition coefficient (Wildman–Crippen LogP) is 3.55. The Bertz CT molecular complexity index is 721. The van der Waals surface area contributed by atoms with Crippen molar-refractivity contribution in [3.8, 4) is 0 Å². The summed E-state index contributed by atoms with van der Waals surface area (Å²) in [7, 11) is 1.50. The largest absolute Gasteiger partial charge is 0.417 e. The Morgan fingerprint density at radius 3 is 2.61 bits per heavy atom. The van der Waals surface area contributed by atoms with Gasteiger partial charge in [-0.3, -0.25) is 15.6 Å². The van der Waals surface area contributed by atoms with Gasteiger partial charge in [-0.05, 0) is 24.3 Å². The number of nitrogens with one attached hydrogen (secondary N) is 3. The van der Waals surface area contributed by atoms with Gasteiger partial charge < -0.3 is 5.32 Å². The first-order chi connectivity index (χ1) is 10.8. The van der Waals surface area contributed by atoms with Crippen LogP contribution in [0.2, 0.25) is 5.02 Å². The van der Waals surface area contributed by atoms with Gasteiger partial charge in [0.1, 0.15) is 0 Å². The smallest absolute Gasteiger partial charge is 0.371 e. The quantitative estimate of drug-likeness (QED) is 0.742. The molecule has 2 rings (SSSR count). The number of hydrogen-bond acceptors (Lipinski definition) is 4. The third-order valence-corrected chi connectivity index (χ3v) is 3.08. The Labute approximate surface area is 134 Å². The number of rotatable bonds is 4. The summed E-state index contributed by atoms with van der Waals surface area (Å²) in [6.07, 6.45) is -3.83. The highest BCUT2D eigenvalue weighted by Crippen LogP contribution is 2.32. The summed E-state index contributed by atoms with van der Waals surface area (Å²) in [6, 6.07) is 6.98. The van der Waals surface area contributed by atoms with E-state index in [-0.39, 0.29) is 17.1 Å². The summed E-state index contributed by atoms with van der Waals surface area (Å²) in [5.74, 6) is -0.392. The molecule has 1 amide bonds. The van der Waals surface area contributed by atoms with E-state index in [4.69, 9.17) is 11.6 Å². The average molecular weight is 345 g/mol. The molecule has 9 heteroatoms. The van der Waals surface area contributed by atoms with Crippen molar-refractivity contribution in [3.05, 3.63) is 52.7 Å². The van der Waals surface area contributed by atoms with E-state index < -0.39 is 17.6 Å². The van der Waals surface area contributed by atoms with Crippen molar-refractivity contribution in [1.82, 2.24) is 10.4 Å². The maximum absolute atomic E-state index is 12.7. The molecular formula is C14H12ClF3N4O. The second-order valence-corrected chi connectivity index (χ2v) is 4.89. The van der Waals surface area contributed by atoms with Crippen LogP contribution in [0.4, 0.5) is 24.7 Å². The van der Waals surface area contributed by atoms with Crippen LogP contribution in [-0.2, 0) is 6.18 Å². The average Bonchev–Trinajstić information content (AvgIpc) is 2.51. The molecule has 0 aliphatic rings. The van der Waals surface area contributed by atoms with Crippen LogP contribution in [0.5, 0.6) is 0 Å². The molecule has 1 aromatic carbocycles. The molecule has 0 saturated heterocycles. The number of nitrogens with zero attached hydrogens (tertiary/aromatic N) is 1. The molecule has 0 saturated carbocycles. The van der Waals surface area contributed by atoms with Gasteiger partial charge in [-0.2, -0.15) is 13.2 Å². The summed E-state index contributed by atoms with van der Waals surface area (Å²) in [5.41, 5.74) is 4.04. The number of carbonyl (C=O) groups is 1. The van der Waals surface area contributed by atoms with Crippen molar-refractivity contribution in [2.75, 3.05) is 17.8 Å². The van der Waals surface area contributed by atoms with Crippen molar-refractivity contribution in [3.63, 3.8) is 0 Å². The van der Waals surface area contributed by atoms with Crippen molar-refractivity contribution in [2.45, 2.75) is 6.18 Å². The van der Waals surface area contributed by atoms with Crippen LogP contribution in [0.25, 0.3) is 0 Å². The number of hydrogen-bond donors (Lipinski definition) is 3. The van der Waals surface area contributed by atoms with Crippen molar-refractivity contribution in [2.24, 2.45) is 0 Å². The van der Waals surface area contributed by atoms with E-state index in [1.165, 1.54) is 19.2 Å². The van der Waals surface area contributed by atoms with Crippen LogP contribution >= 0.6 is 11.6 Å². The number of hydrazine groups is 1. The van der Waals surface area contributed by atoms with Gasteiger partial charge in [-0.1, -0.05) is 17.7 Å². The lowest BCUT2D eigenvalue weighted by Gasteiger charge is -2.14. The second-order valence-electron chi connectivity index (χ2n) is 4.46.